The molecule has 86 valence electrons. The summed E-state index contributed by atoms with van der Waals surface area (Å²) in [7, 11) is 0. The molecule has 0 radical (unpaired) electrons. The molecular formula is C15H20S. The third-order valence-electron chi connectivity index (χ3n) is 2.41. The van der Waals surface area contributed by atoms with Crippen molar-refractivity contribution in [2.75, 3.05) is 0 Å². The maximum atomic E-state index is 3.78. The Morgan fingerprint density at radius 3 is 2.31 bits per heavy atom. The van der Waals surface area contributed by atoms with Crippen molar-refractivity contribution >= 4 is 16.7 Å². The summed E-state index contributed by atoms with van der Waals surface area (Å²) in [6.07, 6.45) is 2.37. The molecule has 0 aromatic heterocycles. The third kappa shape index (κ3) is 3.57. The van der Waals surface area contributed by atoms with Gasteiger partial charge in [0.25, 0.3) is 0 Å². The number of allylic oxidation sites excluding steroid dienone is 1. The maximum Gasteiger partial charge on any atom is 0.0175 e. The summed E-state index contributed by atoms with van der Waals surface area (Å²) in [5.74, 6) is 0. The molecular weight excluding hydrogens is 212 g/mol. The van der Waals surface area contributed by atoms with Crippen molar-refractivity contribution in [2.45, 2.75) is 33.6 Å². The summed E-state index contributed by atoms with van der Waals surface area (Å²) in [5, 5.41) is 1.89. The van der Waals surface area contributed by atoms with E-state index in [4.69, 9.17) is 0 Å². The maximum absolute atomic E-state index is 3.78. The molecule has 0 heterocycles. The Morgan fingerprint density at radius 2 is 1.88 bits per heavy atom. The highest BCUT2D eigenvalue weighted by Gasteiger charge is 2.02. The zero-order valence-corrected chi connectivity index (χ0v) is 11.2. The smallest absolute Gasteiger partial charge is 0.0175 e. The van der Waals surface area contributed by atoms with E-state index in [1.165, 1.54) is 34.4 Å². The standard InChI is InChI=1S/C15H20S/c1-5-7-13-8-10-14(11-9-13)15(12(3)4)16-6-2/h6,8-11H,2,5,7H2,1,3-4H3. The minimum Gasteiger partial charge on any atom is -0.0981 e. The molecule has 0 fully saturated rings. The first-order valence-electron chi connectivity index (χ1n) is 5.73. The Hall–Kier alpha value is -0.950. The molecule has 0 saturated heterocycles. The van der Waals surface area contributed by atoms with Gasteiger partial charge in [-0.15, -0.1) is 0 Å². The van der Waals surface area contributed by atoms with Gasteiger partial charge < -0.3 is 0 Å². The molecule has 1 aromatic carbocycles. The van der Waals surface area contributed by atoms with Crippen LogP contribution in [0.5, 0.6) is 0 Å². The van der Waals surface area contributed by atoms with Crippen LogP contribution in [0.3, 0.4) is 0 Å². The van der Waals surface area contributed by atoms with Gasteiger partial charge in [-0.3, -0.25) is 0 Å². The molecule has 0 bridgehead atoms. The minimum absolute atomic E-state index is 1.17. The van der Waals surface area contributed by atoms with Gasteiger partial charge in [-0.25, -0.2) is 0 Å². The summed E-state index contributed by atoms with van der Waals surface area (Å²) >= 11 is 1.70. The molecule has 16 heavy (non-hydrogen) atoms. The molecule has 0 spiro atoms. The molecule has 0 aliphatic heterocycles. The largest absolute Gasteiger partial charge is 0.0981 e. The van der Waals surface area contributed by atoms with Crippen molar-refractivity contribution in [1.29, 1.82) is 0 Å². The lowest BCUT2D eigenvalue weighted by atomic mass is 10.1. The fourth-order valence-electron chi connectivity index (χ4n) is 1.67. The van der Waals surface area contributed by atoms with Crippen LogP contribution in [-0.4, -0.2) is 0 Å². The second-order valence-corrected chi connectivity index (χ2v) is 5.04. The fraction of sp³-hybridized carbons (Fsp3) is 0.333. The predicted molar refractivity (Wildman–Crippen MR) is 76.5 cm³/mol. The minimum atomic E-state index is 1.17. The van der Waals surface area contributed by atoms with E-state index in [-0.39, 0.29) is 0 Å². The Balaban J connectivity index is 2.95. The number of aryl methyl sites for hydroxylation is 1. The van der Waals surface area contributed by atoms with E-state index in [2.05, 4.69) is 51.6 Å². The molecule has 1 heteroatoms. The van der Waals surface area contributed by atoms with E-state index in [0.29, 0.717) is 0 Å². The van der Waals surface area contributed by atoms with E-state index >= 15 is 0 Å². The fourth-order valence-corrected chi connectivity index (χ4v) is 2.34. The lowest BCUT2D eigenvalue weighted by molar-refractivity contribution is 0.922. The molecule has 0 atom stereocenters. The molecule has 0 aliphatic carbocycles. The average Bonchev–Trinajstić information content (AvgIpc) is 2.27. The quantitative estimate of drug-likeness (QED) is 0.666. The van der Waals surface area contributed by atoms with Crippen molar-refractivity contribution in [3.63, 3.8) is 0 Å². The van der Waals surface area contributed by atoms with E-state index < -0.39 is 0 Å². The van der Waals surface area contributed by atoms with Crippen LogP contribution in [0.2, 0.25) is 0 Å². The van der Waals surface area contributed by atoms with Crippen LogP contribution in [0.25, 0.3) is 4.91 Å². The Bertz CT molecular complexity index is 367. The molecule has 0 N–H and O–H groups in total. The number of hydrogen-bond donors (Lipinski definition) is 0. The summed E-state index contributed by atoms with van der Waals surface area (Å²) in [4.78, 5) is 1.32. The van der Waals surface area contributed by atoms with Crippen LogP contribution in [0.1, 0.15) is 38.3 Å². The van der Waals surface area contributed by atoms with Crippen molar-refractivity contribution in [3.05, 3.63) is 53.0 Å². The van der Waals surface area contributed by atoms with Gasteiger partial charge in [0.05, 0.1) is 0 Å². The lowest BCUT2D eigenvalue weighted by Gasteiger charge is -2.08. The highest BCUT2D eigenvalue weighted by molar-refractivity contribution is 8.10. The molecule has 0 aliphatic rings. The highest BCUT2D eigenvalue weighted by atomic mass is 32.2. The third-order valence-corrected chi connectivity index (χ3v) is 3.46. The van der Waals surface area contributed by atoms with E-state index in [9.17, 15) is 0 Å². The Morgan fingerprint density at radius 1 is 1.25 bits per heavy atom. The average molecular weight is 232 g/mol. The normalized spacial score (nSPS) is 9.94. The molecule has 0 saturated carbocycles. The van der Waals surface area contributed by atoms with Gasteiger partial charge >= 0.3 is 0 Å². The van der Waals surface area contributed by atoms with Crippen LogP contribution < -0.4 is 0 Å². The van der Waals surface area contributed by atoms with Crippen molar-refractivity contribution in [2.24, 2.45) is 0 Å². The van der Waals surface area contributed by atoms with Gasteiger partial charge in [0.15, 0.2) is 0 Å². The SMILES string of the molecule is C=CSC(=C(C)C)c1ccc(CCC)cc1. The van der Waals surface area contributed by atoms with Crippen molar-refractivity contribution in [1.82, 2.24) is 0 Å². The van der Waals surface area contributed by atoms with Gasteiger partial charge in [0.1, 0.15) is 0 Å². The topological polar surface area (TPSA) is 0 Å². The first-order chi connectivity index (χ1) is 7.69. The van der Waals surface area contributed by atoms with Crippen LogP contribution >= 0.6 is 11.8 Å². The van der Waals surface area contributed by atoms with Crippen LogP contribution in [0, 0.1) is 0 Å². The second kappa shape index (κ2) is 6.59. The highest BCUT2D eigenvalue weighted by Crippen LogP contribution is 2.31. The van der Waals surface area contributed by atoms with Crippen LogP contribution in [-0.2, 0) is 6.42 Å². The zero-order valence-electron chi connectivity index (χ0n) is 10.4. The number of benzene rings is 1. The van der Waals surface area contributed by atoms with Gasteiger partial charge in [0, 0.05) is 4.91 Å². The summed E-state index contributed by atoms with van der Waals surface area (Å²) in [5.41, 5.74) is 4.06. The summed E-state index contributed by atoms with van der Waals surface area (Å²) < 4.78 is 0. The van der Waals surface area contributed by atoms with Gasteiger partial charge in [-0.2, -0.15) is 0 Å². The molecule has 1 aromatic rings. The van der Waals surface area contributed by atoms with Crippen LogP contribution in [0.15, 0.2) is 41.8 Å². The first kappa shape index (κ1) is 13.1. The van der Waals surface area contributed by atoms with Crippen molar-refractivity contribution in [3.8, 4) is 0 Å². The van der Waals surface area contributed by atoms with E-state index in [0.717, 1.165) is 0 Å². The van der Waals surface area contributed by atoms with Gasteiger partial charge in [-0.1, -0.05) is 61.5 Å². The molecule has 0 amide bonds. The number of thioether (sulfide) groups is 1. The summed E-state index contributed by atoms with van der Waals surface area (Å²) in [6, 6.07) is 8.88. The molecule has 0 unspecified atom stereocenters. The van der Waals surface area contributed by atoms with E-state index in [1.807, 2.05) is 5.41 Å². The lowest BCUT2D eigenvalue weighted by Crippen LogP contribution is -1.86. The predicted octanol–water partition coefficient (Wildman–Crippen LogP) is 5.27. The second-order valence-electron chi connectivity index (χ2n) is 4.06. The molecule has 0 nitrogen and oxygen atoms in total. The zero-order chi connectivity index (χ0) is 12.0. The van der Waals surface area contributed by atoms with Crippen LogP contribution in [0.4, 0.5) is 0 Å². The first-order valence-corrected chi connectivity index (χ1v) is 6.61. The summed E-state index contributed by atoms with van der Waals surface area (Å²) in [6.45, 7) is 10.3. The van der Waals surface area contributed by atoms with E-state index in [1.54, 1.807) is 11.8 Å². The van der Waals surface area contributed by atoms with Gasteiger partial charge in [-0.05, 0) is 36.8 Å². The molecule has 1 rings (SSSR count). The number of hydrogen-bond acceptors (Lipinski definition) is 1. The Labute approximate surface area is 103 Å². The number of rotatable bonds is 5. The monoisotopic (exact) mass is 232 g/mol. The van der Waals surface area contributed by atoms with Gasteiger partial charge in [0.2, 0.25) is 0 Å². The Kier molecular flexibility index (Phi) is 5.41. The van der Waals surface area contributed by atoms with Crippen molar-refractivity contribution < 1.29 is 0 Å².